The van der Waals surface area contributed by atoms with Crippen LogP contribution in [0.3, 0.4) is 0 Å². The van der Waals surface area contributed by atoms with Crippen LogP contribution in [0.15, 0.2) is 105 Å². The molecule has 1 atom stereocenters. The second-order valence-electron chi connectivity index (χ2n) is 9.81. The number of sulfonamides is 1. The number of nitrogens with one attached hydrogen (secondary N) is 2. The van der Waals surface area contributed by atoms with Crippen molar-refractivity contribution in [2.45, 2.75) is 36.4 Å². The Morgan fingerprint density at radius 1 is 1.02 bits per heavy atom. The minimum Gasteiger partial charge on any atom is -0.475 e. The van der Waals surface area contributed by atoms with Crippen molar-refractivity contribution in [1.29, 1.82) is 0 Å². The second kappa shape index (κ2) is 15.5. The van der Waals surface area contributed by atoms with Gasteiger partial charge in [-0.15, -0.1) is 0 Å². The number of benzene rings is 3. The molecule has 0 spiro atoms. The van der Waals surface area contributed by atoms with Gasteiger partial charge in [0.15, 0.2) is 0 Å². The number of para-hydroxylation sites is 1. The van der Waals surface area contributed by atoms with Crippen LogP contribution >= 0.6 is 11.3 Å². The quantitative estimate of drug-likeness (QED) is 0.102. The van der Waals surface area contributed by atoms with Crippen molar-refractivity contribution in [3.05, 3.63) is 102 Å². The lowest BCUT2D eigenvalue weighted by atomic mass is 10.1. The summed E-state index contributed by atoms with van der Waals surface area (Å²) in [6, 6.07) is 26.2. The molecule has 0 fully saturated rings. The number of hydrogen-bond donors (Lipinski definition) is 4. The third-order valence-electron chi connectivity index (χ3n) is 6.33. The van der Waals surface area contributed by atoms with Gasteiger partial charge in [-0.3, -0.25) is 10.2 Å². The molecule has 1 amide bonds. The molecule has 0 aliphatic rings. The minimum absolute atomic E-state index is 0.0619. The van der Waals surface area contributed by atoms with Gasteiger partial charge in [0.05, 0.1) is 21.2 Å². The molecular formula is C31H28F3N5O6S2. The predicted octanol–water partition coefficient (Wildman–Crippen LogP) is 5.60. The van der Waals surface area contributed by atoms with Gasteiger partial charge in [-0.05, 0) is 54.8 Å². The molecule has 1 unspecified atom stereocenters. The summed E-state index contributed by atoms with van der Waals surface area (Å²) in [6.45, 7) is 0. The molecule has 0 saturated heterocycles. The Morgan fingerprint density at radius 3 is 2.43 bits per heavy atom. The van der Waals surface area contributed by atoms with E-state index in [1.165, 1.54) is 23.5 Å². The molecule has 5 rings (SSSR count). The number of amides is 1. The number of anilines is 1. The zero-order chi connectivity index (χ0) is 34.0. The Kier molecular flexibility index (Phi) is 11.5. The average Bonchev–Trinajstić information content (AvgIpc) is 3.69. The highest BCUT2D eigenvalue weighted by Gasteiger charge is 2.38. The summed E-state index contributed by atoms with van der Waals surface area (Å²) in [5, 5.41) is 12.0. The van der Waals surface area contributed by atoms with Gasteiger partial charge in [0, 0.05) is 18.2 Å². The molecule has 2 heterocycles. The van der Waals surface area contributed by atoms with E-state index in [9.17, 15) is 26.4 Å². The summed E-state index contributed by atoms with van der Waals surface area (Å²) < 4.78 is 66.6. The number of thiazole rings is 1. The summed E-state index contributed by atoms with van der Waals surface area (Å²) >= 11 is 1.51. The number of nitrogens with two attached hydrogens (primary N) is 1. The van der Waals surface area contributed by atoms with Crippen LogP contribution in [0, 0.1) is 0 Å². The van der Waals surface area contributed by atoms with Crippen LogP contribution in [-0.4, -0.2) is 48.8 Å². The van der Waals surface area contributed by atoms with Crippen LogP contribution in [-0.2, 0) is 32.5 Å². The number of carboxylic acid groups (broad SMARTS) is 1. The monoisotopic (exact) mass is 687 g/mol. The first kappa shape index (κ1) is 34.8. The Bertz CT molecular complexity index is 1930. The minimum atomic E-state index is -5.08. The molecule has 5 N–H and O–H groups in total. The molecule has 0 saturated carbocycles. The fourth-order valence-electron chi connectivity index (χ4n) is 3.98. The standard InChI is InChI=1S/C29H27N5O4S2.C2HF3O2/c30-24(15-13-20-7-2-1-3-8-20)28(35)34-40(36,37)23-10-6-9-21(19-23)26-16-14-22(38-26)17-18-31-33-29-32-25-11-4-5-12-27(25)39-29;3-2(4,5)1(6)7/h1-12,14,16,18-19,24H,13,15,17,30H2,(H,32,33)(H,34,35);(H,6,7). The molecule has 16 heteroatoms. The number of hydrazone groups is 1. The average molecular weight is 688 g/mol. The number of aromatic nitrogens is 1. The summed E-state index contributed by atoms with van der Waals surface area (Å²) in [7, 11) is -4.12. The Labute approximate surface area is 271 Å². The van der Waals surface area contributed by atoms with Gasteiger partial charge >= 0.3 is 12.1 Å². The summed E-state index contributed by atoms with van der Waals surface area (Å²) in [5.74, 6) is -2.37. The Morgan fingerprint density at radius 2 is 1.72 bits per heavy atom. The van der Waals surface area contributed by atoms with Crippen molar-refractivity contribution < 1.29 is 40.7 Å². The second-order valence-corrected chi connectivity index (χ2v) is 12.5. The number of halogens is 3. The molecular weight excluding hydrogens is 659 g/mol. The number of aryl methyl sites for hydroxylation is 1. The number of alkyl halides is 3. The molecule has 0 aliphatic carbocycles. The zero-order valence-corrected chi connectivity index (χ0v) is 26.0. The van der Waals surface area contributed by atoms with Crippen LogP contribution in [0.5, 0.6) is 0 Å². The third-order valence-corrected chi connectivity index (χ3v) is 8.61. The summed E-state index contributed by atoms with van der Waals surface area (Å²) in [6.07, 6.45) is -2.10. The highest BCUT2D eigenvalue weighted by molar-refractivity contribution is 7.90. The van der Waals surface area contributed by atoms with Crippen molar-refractivity contribution in [3.8, 4) is 11.3 Å². The van der Waals surface area contributed by atoms with Crippen molar-refractivity contribution >= 4 is 54.8 Å². The number of nitrogens with zero attached hydrogens (tertiary/aromatic N) is 2. The van der Waals surface area contributed by atoms with Gasteiger partial charge in [-0.2, -0.15) is 18.3 Å². The maximum atomic E-state index is 12.9. The number of carboxylic acids is 1. The summed E-state index contributed by atoms with van der Waals surface area (Å²) in [5.41, 5.74) is 11.4. The fourth-order valence-corrected chi connectivity index (χ4v) is 5.87. The van der Waals surface area contributed by atoms with E-state index in [4.69, 9.17) is 20.1 Å². The van der Waals surface area contributed by atoms with Gasteiger partial charge < -0.3 is 15.3 Å². The normalized spacial score (nSPS) is 12.3. The zero-order valence-electron chi connectivity index (χ0n) is 24.3. The molecule has 3 aromatic carbocycles. The molecule has 11 nitrogen and oxygen atoms in total. The summed E-state index contributed by atoms with van der Waals surface area (Å²) in [4.78, 5) is 25.8. The SMILES string of the molecule is NC(CCc1ccccc1)C(=O)NS(=O)(=O)c1cccc(-c2ccc(CC=NNc3nc4ccccc4s3)o2)c1.O=C(O)C(F)(F)F. The van der Waals surface area contributed by atoms with E-state index in [0.717, 1.165) is 15.8 Å². The van der Waals surface area contributed by atoms with Gasteiger partial charge in [0.1, 0.15) is 11.5 Å². The fraction of sp³-hybridized carbons (Fsp3) is 0.161. The molecule has 47 heavy (non-hydrogen) atoms. The number of fused-ring (bicyclic) bond motifs is 1. The number of carbonyl (C=O) groups is 2. The first-order valence-corrected chi connectivity index (χ1v) is 16.1. The molecule has 5 aromatic rings. The van der Waals surface area contributed by atoms with Crippen LogP contribution in [0.4, 0.5) is 18.3 Å². The van der Waals surface area contributed by atoms with Gasteiger partial charge in [0.25, 0.3) is 15.9 Å². The van der Waals surface area contributed by atoms with Crippen molar-refractivity contribution in [2.75, 3.05) is 5.43 Å². The smallest absolute Gasteiger partial charge is 0.475 e. The van der Waals surface area contributed by atoms with Gasteiger partial charge in [-0.25, -0.2) is 22.9 Å². The Hall–Kier alpha value is -5.06. The molecule has 0 radical (unpaired) electrons. The molecule has 246 valence electrons. The topological polar surface area (TPSA) is 177 Å². The number of rotatable bonds is 11. The molecule has 0 bridgehead atoms. The predicted molar refractivity (Wildman–Crippen MR) is 171 cm³/mol. The highest BCUT2D eigenvalue weighted by atomic mass is 32.2. The van der Waals surface area contributed by atoms with E-state index >= 15 is 0 Å². The van der Waals surface area contributed by atoms with E-state index in [0.29, 0.717) is 41.5 Å². The number of carbonyl (C=O) groups excluding carboxylic acids is 1. The van der Waals surface area contributed by atoms with Crippen molar-refractivity contribution in [1.82, 2.24) is 9.71 Å². The first-order chi connectivity index (χ1) is 22.3. The van der Waals surface area contributed by atoms with E-state index in [1.54, 1.807) is 30.5 Å². The van der Waals surface area contributed by atoms with Gasteiger partial charge in [0.2, 0.25) is 5.13 Å². The lowest BCUT2D eigenvalue weighted by Gasteiger charge is -2.13. The van der Waals surface area contributed by atoms with Gasteiger partial charge in [-0.1, -0.05) is 65.9 Å². The third kappa shape index (κ3) is 10.2. The van der Waals surface area contributed by atoms with Crippen molar-refractivity contribution in [2.24, 2.45) is 10.8 Å². The molecule has 0 aliphatic heterocycles. The first-order valence-electron chi connectivity index (χ1n) is 13.8. The van der Waals surface area contributed by atoms with E-state index in [1.807, 2.05) is 54.6 Å². The van der Waals surface area contributed by atoms with E-state index in [-0.39, 0.29) is 4.90 Å². The van der Waals surface area contributed by atoms with Crippen LogP contribution in [0.2, 0.25) is 0 Å². The number of hydrogen-bond acceptors (Lipinski definition) is 10. The van der Waals surface area contributed by atoms with Crippen LogP contribution in [0.25, 0.3) is 21.5 Å². The maximum absolute atomic E-state index is 12.9. The van der Waals surface area contributed by atoms with Crippen molar-refractivity contribution in [3.63, 3.8) is 0 Å². The van der Waals surface area contributed by atoms with Crippen LogP contribution < -0.4 is 15.9 Å². The molecule has 2 aromatic heterocycles. The van der Waals surface area contributed by atoms with E-state index < -0.39 is 34.1 Å². The largest absolute Gasteiger partial charge is 0.490 e. The van der Waals surface area contributed by atoms with Crippen LogP contribution in [0.1, 0.15) is 17.7 Å². The Balaban J connectivity index is 0.000000644. The lowest BCUT2D eigenvalue weighted by molar-refractivity contribution is -0.192. The van der Waals surface area contributed by atoms with E-state index in [2.05, 4.69) is 20.2 Å². The lowest BCUT2D eigenvalue weighted by Crippen LogP contribution is -2.43. The maximum Gasteiger partial charge on any atom is 0.490 e. The number of furan rings is 1. The highest BCUT2D eigenvalue weighted by Crippen LogP contribution is 2.26. The number of aliphatic carboxylic acids is 1.